The molecule has 0 N–H and O–H groups in total. The van der Waals surface area contributed by atoms with Crippen LogP contribution in [0.3, 0.4) is 0 Å². The van der Waals surface area contributed by atoms with Crippen molar-refractivity contribution < 1.29 is 0 Å². The van der Waals surface area contributed by atoms with E-state index in [1.54, 1.807) is 0 Å². The lowest BCUT2D eigenvalue weighted by atomic mass is 10.1. The molecule has 0 aliphatic heterocycles. The minimum atomic E-state index is 1.23. The van der Waals surface area contributed by atoms with Gasteiger partial charge in [0, 0.05) is 19.8 Å². The number of rotatable bonds is 2. The molecule has 0 radical (unpaired) electrons. The van der Waals surface area contributed by atoms with E-state index in [2.05, 4.69) is 67.5 Å². The molecule has 0 atom stereocenters. The van der Waals surface area contributed by atoms with Crippen LogP contribution in [0.5, 0.6) is 0 Å². The lowest BCUT2D eigenvalue weighted by molar-refractivity contribution is 1.13. The van der Waals surface area contributed by atoms with Crippen molar-refractivity contribution >= 4 is 5.69 Å². The van der Waals surface area contributed by atoms with Gasteiger partial charge in [0.2, 0.25) is 0 Å². The van der Waals surface area contributed by atoms with Gasteiger partial charge in [-0.3, -0.25) is 0 Å². The van der Waals surface area contributed by atoms with Gasteiger partial charge in [0.25, 0.3) is 0 Å². The van der Waals surface area contributed by atoms with E-state index < -0.39 is 0 Å². The summed E-state index contributed by atoms with van der Waals surface area (Å²) in [7, 11) is 4.11. The standard InChI is InChI=1S/C14H15N.C2H6/c1-15(2)14-10-8-13(9-11-14)12-6-4-3-5-7-12;1-2/h3-11H,1-2H3;1-2H3. The van der Waals surface area contributed by atoms with Crippen LogP contribution in [0, 0.1) is 0 Å². The number of anilines is 1. The smallest absolute Gasteiger partial charge is 0.0361 e. The third-order valence-electron chi connectivity index (χ3n) is 2.49. The average Bonchev–Trinajstić information content (AvgIpc) is 2.42. The summed E-state index contributed by atoms with van der Waals surface area (Å²) >= 11 is 0. The second-order valence-electron chi connectivity index (χ2n) is 3.81. The molecule has 17 heavy (non-hydrogen) atoms. The summed E-state index contributed by atoms with van der Waals surface area (Å²) in [5, 5.41) is 0. The molecule has 0 fully saturated rings. The average molecular weight is 227 g/mol. The molecule has 0 aromatic heterocycles. The minimum absolute atomic E-state index is 1.23. The van der Waals surface area contributed by atoms with Gasteiger partial charge >= 0.3 is 0 Å². The molecule has 2 rings (SSSR count). The third kappa shape index (κ3) is 3.63. The highest BCUT2D eigenvalue weighted by molar-refractivity contribution is 5.66. The summed E-state index contributed by atoms with van der Waals surface area (Å²) in [6.07, 6.45) is 0. The first-order chi connectivity index (χ1) is 8.27. The summed E-state index contributed by atoms with van der Waals surface area (Å²) in [5.74, 6) is 0. The van der Waals surface area contributed by atoms with E-state index in [4.69, 9.17) is 0 Å². The quantitative estimate of drug-likeness (QED) is 0.733. The van der Waals surface area contributed by atoms with E-state index in [-0.39, 0.29) is 0 Å². The van der Waals surface area contributed by atoms with E-state index >= 15 is 0 Å². The normalized spacial score (nSPS) is 9.18. The molecule has 2 aromatic rings. The zero-order chi connectivity index (χ0) is 12.7. The molecule has 0 aliphatic carbocycles. The van der Waals surface area contributed by atoms with Gasteiger partial charge in [0.15, 0.2) is 0 Å². The molecule has 90 valence electrons. The first kappa shape index (κ1) is 13.3. The summed E-state index contributed by atoms with van der Waals surface area (Å²) in [4.78, 5) is 2.11. The van der Waals surface area contributed by atoms with E-state index in [9.17, 15) is 0 Å². The summed E-state index contributed by atoms with van der Waals surface area (Å²) in [6.45, 7) is 4.00. The van der Waals surface area contributed by atoms with Gasteiger partial charge in [-0.1, -0.05) is 56.3 Å². The largest absolute Gasteiger partial charge is 0.378 e. The van der Waals surface area contributed by atoms with Gasteiger partial charge in [-0.25, -0.2) is 0 Å². The molecule has 0 heterocycles. The SMILES string of the molecule is CC.CN(C)c1ccc(-c2ccccc2)cc1. The molecule has 2 aromatic carbocycles. The molecular formula is C16H21N. The van der Waals surface area contributed by atoms with Crippen LogP contribution >= 0.6 is 0 Å². The van der Waals surface area contributed by atoms with Crippen molar-refractivity contribution in [3.63, 3.8) is 0 Å². The number of hydrogen-bond donors (Lipinski definition) is 0. The van der Waals surface area contributed by atoms with Crippen LogP contribution in [0.25, 0.3) is 11.1 Å². The number of benzene rings is 2. The first-order valence-corrected chi connectivity index (χ1v) is 6.10. The second-order valence-corrected chi connectivity index (χ2v) is 3.81. The predicted octanol–water partition coefficient (Wildman–Crippen LogP) is 4.45. The van der Waals surface area contributed by atoms with Crippen molar-refractivity contribution in [3.8, 4) is 11.1 Å². The van der Waals surface area contributed by atoms with E-state index in [0.29, 0.717) is 0 Å². The fourth-order valence-electron chi connectivity index (χ4n) is 1.58. The fraction of sp³-hybridized carbons (Fsp3) is 0.250. The molecule has 0 spiro atoms. The Morgan fingerprint density at radius 1 is 0.647 bits per heavy atom. The highest BCUT2D eigenvalue weighted by Crippen LogP contribution is 2.21. The van der Waals surface area contributed by atoms with Crippen LogP contribution in [0.4, 0.5) is 5.69 Å². The van der Waals surface area contributed by atoms with Gasteiger partial charge in [0.1, 0.15) is 0 Å². The van der Waals surface area contributed by atoms with Gasteiger partial charge < -0.3 is 4.90 Å². The fourth-order valence-corrected chi connectivity index (χ4v) is 1.58. The highest BCUT2D eigenvalue weighted by Gasteiger charge is 1.97. The molecule has 0 saturated carbocycles. The van der Waals surface area contributed by atoms with Crippen molar-refractivity contribution in [3.05, 3.63) is 54.6 Å². The Labute approximate surface area is 105 Å². The third-order valence-corrected chi connectivity index (χ3v) is 2.49. The Kier molecular flexibility index (Phi) is 5.28. The highest BCUT2D eigenvalue weighted by atomic mass is 15.1. The lowest BCUT2D eigenvalue weighted by Gasteiger charge is -2.12. The van der Waals surface area contributed by atoms with E-state index in [1.165, 1.54) is 16.8 Å². The van der Waals surface area contributed by atoms with Crippen LogP contribution in [0.15, 0.2) is 54.6 Å². The lowest BCUT2D eigenvalue weighted by Crippen LogP contribution is -2.07. The van der Waals surface area contributed by atoms with E-state index in [1.807, 2.05) is 19.9 Å². The van der Waals surface area contributed by atoms with Crippen LogP contribution in [0.2, 0.25) is 0 Å². The molecule has 0 saturated heterocycles. The molecule has 1 nitrogen and oxygen atoms in total. The number of nitrogens with zero attached hydrogens (tertiary/aromatic N) is 1. The Bertz CT molecular complexity index is 415. The minimum Gasteiger partial charge on any atom is -0.378 e. The van der Waals surface area contributed by atoms with Crippen molar-refractivity contribution in [2.24, 2.45) is 0 Å². The van der Waals surface area contributed by atoms with Crippen LogP contribution < -0.4 is 4.90 Å². The Morgan fingerprint density at radius 3 is 1.59 bits per heavy atom. The Hall–Kier alpha value is -1.76. The molecule has 0 bridgehead atoms. The monoisotopic (exact) mass is 227 g/mol. The maximum Gasteiger partial charge on any atom is 0.0361 e. The predicted molar refractivity (Wildman–Crippen MR) is 77.6 cm³/mol. The van der Waals surface area contributed by atoms with Crippen molar-refractivity contribution in [2.75, 3.05) is 19.0 Å². The second kappa shape index (κ2) is 6.74. The molecule has 0 unspecified atom stereocenters. The maximum absolute atomic E-state index is 2.16. The number of hydrogen-bond acceptors (Lipinski definition) is 1. The molecular weight excluding hydrogens is 206 g/mol. The first-order valence-electron chi connectivity index (χ1n) is 6.10. The van der Waals surface area contributed by atoms with Gasteiger partial charge in [-0.05, 0) is 23.3 Å². The van der Waals surface area contributed by atoms with Crippen molar-refractivity contribution in [1.29, 1.82) is 0 Å². The molecule has 0 aliphatic rings. The molecule has 1 heteroatoms. The van der Waals surface area contributed by atoms with Crippen LogP contribution in [-0.4, -0.2) is 14.1 Å². The Balaban J connectivity index is 0.000000686. The molecule has 0 amide bonds. The Morgan fingerprint density at radius 2 is 1.12 bits per heavy atom. The summed E-state index contributed by atoms with van der Waals surface area (Å²) in [6, 6.07) is 19.0. The van der Waals surface area contributed by atoms with Crippen LogP contribution in [-0.2, 0) is 0 Å². The van der Waals surface area contributed by atoms with Gasteiger partial charge in [-0.2, -0.15) is 0 Å². The van der Waals surface area contributed by atoms with Crippen molar-refractivity contribution in [1.82, 2.24) is 0 Å². The van der Waals surface area contributed by atoms with Gasteiger partial charge in [-0.15, -0.1) is 0 Å². The zero-order valence-corrected chi connectivity index (χ0v) is 11.1. The maximum atomic E-state index is 2.16. The zero-order valence-electron chi connectivity index (χ0n) is 11.1. The topological polar surface area (TPSA) is 3.24 Å². The summed E-state index contributed by atoms with van der Waals surface area (Å²) in [5.41, 5.74) is 3.76. The van der Waals surface area contributed by atoms with Crippen molar-refractivity contribution in [2.45, 2.75) is 13.8 Å². The van der Waals surface area contributed by atoms with Crippen LogP contribution in [0.1, 0.15) is 13.8 Å². The van der Waals surface area contributed by atoms with Gasteiger partial charge in [0.05, 0.1) is 0 Å². The summed E-state index contributed by atoms with van der Waals surface area (Å²) < 4.78 is 0. The van der Waals surface area contributed by atoms with E-state index in [0.717, 1.165) is 0 Å².